The first-order valence-electron chi connectivity index (χ1n) is 11.1. The van der Waals surface area contributed by atoms with Crippen LogP contribution >= 0.6 is 0 Å². The molecule has 1 amide bonds. The van der Waals surface area contributed by atoms with Gasteiger partial charge in [-0.15, -0.1) is 0 Å². The quantitative estimate of drug-likeness (QED) is 0.881. The topological polar surface area (TPSA) is 63.1 Å². The van der Waals surface area contributed by atoms with Gasteiger partial charge in [-0.25, -0.2) is 9.67 Å². The van der Waals surface area contributed by atoms with Crippen molar-refractivity contribution in [3.05, 3.63) is 17.8 Å². The molecular formula is C22H31N5O. The van der Waals surface area contributed by atoms with Crippen molar-refractivity contribution in [3.63, 3.8) is 0 Å². The molecule has 150 valence electrons. The van der Waals surface area contributed by atoms with Crippen LogP contribution < -0.4 is 10.2 Å². The Morgan fingerprint density at radius 3 is 2.46 bits per heavy atom. The number of fused-ring (bicyclic) bond motifs is 3. The standard InChI is InChI=1S/C22H31N5O/c1-26-21-18(8-9-19(24-21)27-10-4-2-3-5-11-27)20(25-26)22(28)23-17-13-15-6-7-16(12-15)14-17/h8-9,15-17H,2-7,10-14H2,1H3,(H,23,28)/t15-,16+,17?. The zero-order chi connectivity index (χ0) is 19.1. The number of carbonyl (C=O) groups is 1. The van der Waals surface area contributed by atoms with E-state index < -0.39 is 0 Å². The molecule has 0 aromatic carbocycles. The number of rotatable bonds is 3. The molecule has 3 atom stereocenters. The maximum Gasteiger partial charge on any atom is 0.272 e. The van der Waals surface area contributed by atoms with Crippen LogP contribution in [-0.4, -0.2) is 39.8 Å². The zero-order valence-electron chi connectivity index (χ0n) is 16.9. The third-order valence-electron chi connectivity index (χ3n) is 7.04. The van der Waals surface area contributed by atoms with E-state index in [0.29, 0.717) is 11.7 Å². The summed E-state index contributed by atoms with van der Waals surface area (Å²) >= 11 is 0. The van der Waals surface area contributed by atoms with Gasteiger partial charge in [0.1, 0.15) is 5.82 Å². The van der Waals surface area contributed by atoms with Gasteiger partial charge in [0.2, 0.25) is 0 Å². The minimum absolute atomic E-state index is 0.0405. The van der Waals surface area contributed by atoms with Crippen molar-refractivity contribution in [2.24, 2.45) is 18.9 Å². The highest BCUT2D eigenvalue weighted by Crippen LogP contribution is 2.42. The van der Waals surface area contributed by atoms with Gasteiger partial charge in [0.05, 0.1) is 5.39 Å². The normalized spacial score (nSPS) is 27.8. The van der Waals surface area contributed by atoms with E-state index in [1.165, 1.54) is 44.9 Å². The van der Waals surface area contributed by atoms with Gasteiger partial charge in [-0.2, -0.15) is 5.10 Å². The second-order valence-corrected chi connectivity index (χ2v) is 9.10. The SMILES string of the molecule is Cn1nc(C(=O)NC2C[C@H]3CC[C@@H](C2)C3)c2ccc(N3CCCCCC3)nc21. The lowest BCUT2D eigenvalue weighted by molar-refractivity contribution is 0.0914. The van der Waals surface area contributed by atoms with Crippen LogP contribution in [0.2, 0.25) is 0 Å². The van der Waals surface area contributed by atoms with Crippen LogP contribution in [0.3, 0.4) is 0 Å². The summed E-state index contributed by atoms with van der Waals surface area (Å²) in [5.74, 6) is 2.58. The molecule has 1 saturated heterocycles. The molecule has 2 aromatic rings. The minimum atomic E-state index is -0.0405. The van der Waals surface area contributed by atoms with E-state index in [9.17, 15) is 4.79 Å². The molecule has 3 aliphatic rings. The number of aryl methyl sites for hydroxylation is 1. The number of nitrogens with one attached hydrogen (secondary N) is 1. The Labute approximate surface area is 166 Å². The molecule has 1 N–H and O–H groups in total. The Morgan fingerprint density at radius 2 is 1.75 bits per heavy atom. The largest absolute Gasteiger partial charge is 0.357 e. The van der Waals surface area contributed by atoms with Gasteiger partial charge in [-0.3, -0.25) is 4.79 Å². The van der Waals surface area contributed by atoms with E-state index in [2.05, 4.69) is 21.4 Å². The monoisotopic (exact) mass is 381 g/mol. The number of amides is 1. The Balaban J connectivity index is 1.37. The van der Waals surface area contributed by atoms with Gasteiger partial charge in [-0.05, 0) is 56.1 Å². The molecule has 1 unspecified atom stereocenters. The molecule has 1 aliphatic heterocycles. The summed E-state index contributed by atoms with van der Waals surface area (Å²) in [6.07, 6.45) is 11.4. The highest BCUT2D eigenvalue weighted by atomic mass is 16.2. The number of aromatic nitrogens is 3. The van der Waals surface area contributed by atoms with Crippen LogP contribution in [-0.2, 0) is 7.05 Å². The lowest BCUT2D eigenvalue weighted by Gasteiger charge is -2.28. The summed E-state index contributed by atoms with van der Waals surface area (Å²) in [6.45, 7) is 2.13. The molecule has 3 fully saturated rings. The molecule has 0 spiro atoms. The van der Waals surface area contributed by atoms with Crippen molar-refractivity contribution >= 4 is 22.8 Å². The second kappa shape index (κ2) is 7.37. The maximum atomic E-state index is 13.0. The molecule has 3 heterocycles. The van der Waals surface area contributed by atoms with Crippen LogP contribution in [0, 0.1) is 11.8 Å². The Kier molecular flexibility index (Phi) is 4.73. The van der Waals surface area contributed by atoms with Gasteiger partial charge in [0.15, 0.2) is 11.3 Å². The third kappa shape index (κ3) is 3.38. The fraction of sp³-hybridized carbons (Fsp3) is 0.682. The predicted octanol–water partition coefficient (Wildman–Crippen LogP) is 3.66. The van der Waals surface area contributed by atoms with E-state index in [4.69, 9.17) is 4.98 Å². The van der Waals surface area contributed by atoms with Crippen molar-refractivity contribution in [3.8, 4) is 0 Å². The first-order valence-corrected chi connectivity index (χ1v) is 11.1. The lowest BCUT2D eigenvalue weighted by atomic mass is 9.85. The number of anilines is 1. The van der Waals surface area contributed by atoms with Gasteiger partial charge in [0, 0.05) is 26.2 Å². The van der Waals surface area contributed by atoms with Crippen molar-refractivity contribution in [1.82, 2.24) is 20.1 Å². The number of pyridine rings is 1. The lowest BCUT2D eigenvalue weighted by Crippen LogP contribution is -2.39. The molecule has 2 saturated carbocycles. The van der Waals surface area contributed by atoms with Gasteiger partial charge in [0.25, 0.3) is 5.91 Å². The van der Waals surface area contributed by atoms with E-state index in [-0.39, 0.29) is 5.91 Å². The summed E-state index contributed by atoms with van der Waals surface area (Å²) in [5, 5.41) is 8.67. The van der Waals surface area contributed by atoms with Gasteiger partial charge >= 0.3 is 0 Å². The summed E-state index contributed by atoms with van der Waals surface area (Å²) < 4.78 is 1.76. The number of hydrogen-bond donors (Lipinski definition) is 1. The van der Waals surface area contributed by atoms with Crippen LogP contribution in [0.5, 0.6) is 0 Å². The third-order valence-corrected chi connectivity index (χ3v) is 7.04. The summed E-state index contributed by atoms with van der Waals surface area (Å²) in [5.41, 5.74) is 1.32. The van der Waals surface area contributed by atoms with Crippen LogP contribution in [0.1, 0.15) is 68.3 Å². The first kappa shape index (κ1) is 18.0. The van der Waals surface area contributed by atoms with Crippen LogP contribution in [0.4, 0.5) is 5.82 Å². The zero-order valence-corrected chi connectivity index (χ0v) is 16.9. The van der Waals surface area contributed by atoms with E-state index in [1.807, 2.05) is 13.1 Å². The maximum absolute atomic E-state index is 13.0. The first-order chi connectivity index (χ1) is 13.7. The average molecular weight is 382 g/mol. The molecular weight excluding hydrogens is 350 g/mol. The smallest absolute Gasteiger partial charge is 0.272 e. The van der Waals surface area contributed by atoms with Crippen LogP contribution in [0.25, 0.3) is 11.0 Å². The average Bonchev–Trinajstić information content (AvgIpc) is 3.07. The van der Waals surface area contributed by atoms with E-state index in [1.54, 1.807) is 4.68 Å². The minimum Gasteiger partial charge on any atom is -0.357 e. The highest BCUT2D eigenvalue weighted by Gasteiger charge is 2.35. The molecule has 2 aromatic heterocycles. The summed E-state index contributed by atoms with van der Waals surface area (Å²) in [6, 6.07) is 4.40. The molecule has 0 radical (unpaired) electrons. The molecule has 2 bridgehead atoms. The highest BCUT2D eigenvalue weighted by molar-refractivity contribution is 6.04. The van der Waals surface area contributed by atoms with Crippen LogP contribution in [0.15, 0.2) is 12.1 Å². The molecule has 2 aliphatic carbocycles. The van der Waals surface area contributed by atoms with Gasteiger partial charge < -0.3 is 10.2 Å². The summed E-state index contributed by atoms with van der Waals surface area (Å²) in [4.78, 5) is 20.2. The molecule has 5 rings (SSSR count). The summed E-state index contributed by atoms with van der Waals surface area (Å²) in [7, 11) is 1.89. The second-order valence-electron chi connectivity index (χ2n) is 9.10. The van der Waals surface area contributed by atoms with Crippen molar-refractivity contribution in [1.29, 1.82) is 0 Å². The predicted molar refractivity (Wildman–Crippen MR) is 111 cm³/mol. The Morgan fingerprint density at radius 1 is 1.04 bits per heavy atom. The number of nitrogens with zero attached hydrogens (tertiary/aromatic N) is 4. The van der Waals surface area contributed by atoms with Crippen molar-refractivity contribution < 1.29 is 4.79 Å². The Bertz CT molecular complexity index is 855. The number of carbonyl (C=O) groups excluding carboxylic acids is 1. The Hall–Kier alpha value is -2.11. The van der Waals surface area contributed by atoms with Crippen molar-refractivity contribution in [2.45, 2.75) is 63.8 Å². The van der Waals surface area contributed by atoms with Gasteiger partial charge in [-0.1, -0.05) is 25.7 Å². The number of hydrogen-bond acceptors (Lipinski definition) is 4. The molecule has 28 heavy (non-hydrogen) atoms. The fourth-order valence-electron chi connectivity index (χ4n) is 5.64. The van der Waals surface area contributed by atoms with E-state index >= 15 is 0 Å². The van der Waals surface area contributed by atoms with E-state index in [0.717, 1.165) is 54.6 Å². The van der Waals surface area contributed by atoms with Crippen molar-refractivity contribution in [2.75, 3.05) is 18.0 Å². The molecule has 6 heteroatoms. The fourth-order valence-corrected chi connectivity index (χ4v) is 5.64. The molecule has 6 nitrogen and oxygen atoms in total.